The first-order valence-corrected chi connectivity index (χ1v) is 4.15. The Morgan fingerprint density at radius 1 is 1.50 bits per heavy atom. The summed E-state index contributed by atoms with van der Waals surface area (Å²) in [5.41, 5.74) is 0. The van der Waals surface area contributed by atoms with Gasteiger partial charge in [0.1, 0.15) is 12.6 Å². The van der Waals surface area contributed by atoms with E-state index in [1.165, 1.54) is 0 Å². The number of likely N-dealkylation sites (tertiary alicyclic amines) is 1. The number of quaternary nitrogens is 1. The van der Waals surface area contributed by atoms with Gasteiger partial charge in [0, 0.05) is 6.42 Å². The Bertz CT molecular complexity index is 191. The van der Waals surface area contributed by atoms with Crippen LogP contribution in [0.1, 0.15) is 6.42 Å². The van der Waals surface area contributed by atoms with Crippen LogP contribution in [-0.2, 0) is 4.79 Å². The maximum absolute atomic E-state index is 10.6. The Hall–Kier alpha value is -0.610. The molecular formula is C8H16NO3+. The SMILES string of the molecule is C[N+]1(C)CCC(C(=O)O)[C@@H](O)C1. The van der Waals surface area contributed by atoms with E-state index in [1.807, 2.05) is 14.1 Å². The molecule has 4 heteroatoms. The van der Waals surface area contributed by atoms with Crippen molar-refractivity contribution in [2.24, 2.45) is 5.92 Å². The molecule has 1 rings (SSSR count). The van der Waals surface area contributed by atoms with Gasteiger partial charge in [-0.25, -0.2) is 0 Å². The third-order valence-electron chi connectivity index (χ3n) is 2.51. The van der Waals surface area contributed by atoms with Crippen LogP contribution in [0, 0.1) is 5.92 Å². The Morgan fingerprint density at radius 3 is 2.50 bits per heavy atom. The molecule has 1 heterocycles. The monoisotopic (exact) mass is 174 g/mol. The number of carboxylic acid groups (broad SMARTS) is 1. The van der Waals surface area contributed by atoms with Gasteiger partial charge in [0.15, 0.2) is 0 Å². The Morgan fingerprint density at radius 2 is 2.08 bits per heavy atom. The second-order valence-corrected chi connectivity index (χ2v) is 4.14. The fraction of sp³-hybridized carbons (Fsp3) is 0.875. The molecule has 1 aliphatic heterocycles. The third-order valence-corrected chi connectivity index (χ3v) is 2.51. The quantitative estimate of drug-likeness (QED) is 0.528. The van der Waals surface area contributed by atoms with Crippen molar-refractivity contribution >= 4 is 5.97 Å². The topological polar surface area (TPSA) is 57.5 Å². The minimum Gasteiger partial charge on any atom is -0.481 e. The van der Waals surface area contributed by atoms with E-state index in [4.69, 9.17) is 5.11 Å². The number of carbonyl (C=O) groups is 1. The van der Waals surface area contributed by atoms with Gasteiger partial charge in [-0.05, 0) is 0 Å². The normalized spacial score (nSPS) is 34.6. The molecule has 1 unspecified atom stereocenters. The summed E-state index contributed by atoms with van der Waals surface area (Å²) in [4.78, 5) is 10.6. The summed E-state index contributed by atoms with van der Waals surface area (Å²) >= 11 is 0. The van der Waals surface area contributed by atoms with E-state index >= 15 is 0 Å². The first-order valence-electron chi connectivity index (χ1n) is 4.15. The van der Waals surface area contributed by atoms with Gasteiger partial charge >= 0.3 is 5.97 Å². The summed E-state index contributed by atoms with van der Waals surface area (Å²) < 4.78 is 0.713. The number of piperidine rings is 1. The number of rotatable bonds is 1. The van der Waals surface area contributed by atoms with Crippen LogP contribution in [0.25, 0.3) is 0 Å². The number of hydrogen-bond donors (Lipinski definition) is 2. The molecule has 1 aliphatic rings. The fourth-order valence-electron chi connectivity index (χ4n) is 1.69. The van der Waals surface area contributed by atoms with Crippen molar-refractivity contribution in [1.82, 2.24) is 0 Å². The summed E-state index contributed by atoms with van der Waals surface area (Å²) in [5, 5.41) is 18.2. The highest BCUT2D eigenvalue weighted by Crippen LogP contribution is 2.20. The number of nitrogens with zero attached hydrogens (tertiary/aromatic N) is 1. The Labute approximate surface area is 72.0 Å². The zero-order valence-electron chi connectivity index (χ0n) is 7.53. The van der Waals surface area contributed by atoms with Gasteiger partial charge in [0.05, 0.1) is 26.6 Å². The van der Waals surface area contributed by atoms with E-state index in [0.717, 1.165) is 6.54 Å². The molecule has 70 valence electrons. The van der Waals surface area contributed by atoms with Crippen LogP contribution < -0.4 is 0 Å². The van der Waals surface area contributed by atoms with Gasteiger partial charge in [-0.3, -0.25) is 4.79 Å². The van der Waals surface area contributed by atoms with Gasteiger partial charge in [-0.1, -0.05) is 0 Å². The van der Waals surface area contributed by atoms with Crippen molar-refractivity contribution in [2.45, 2.75) is 12.5 Å². The second kappa shape index (κ2) is 3.03. The van der Waals surface area contributed by atoms with Crippen molar-refractivity contribution in [3.05, 3.63) is 0 Å². The molecule has 1 fully saturated rings. The van der Waals surface area contributed by atoms with E-state index in [0.29, 0.717) is 17.4 Å². The minimum absolute atomic E-state index is 0.539. The fourth-order valence-corrected chi connectivity index (χ4v) is 1.69. The number of aliphatic carboxylic acids is 1. The average molecular weight is 174 g/mol. The van der Waals surface area contributed by atoms with Crippen LogP contribution in [-0.4, -0.2) is 54.0 Å². The molecule has 0 bridgehead atoms. The molecule has 0 spiro atoms. The lowest BCUT2D eigenvalue weighted by molar-refractivity contribution is -0.899. The maximum Gasteiger partial charge on any atom is 0.309 e. The summed E-state index contributed by atoms with van der Waals surface area (Å²) in [5.74, 6) is -1.43. The van der Waals surface area contributed by atoms with Crippen LogP contribution in [0.2, 0.25) is 0 Å². The standard InChI is InChI=1S/C8H15NO3/c1-9(2)4-3-6(8(11)12)7(10)5-9/h6-7,10H,3-5H2,1-2H3/p+1/t6?,7-/m0/s1. The van der Waals surface area contributed by atoms with E-state index in [9.17, 15) is 9.90 Å². The number of carboxylic acids is 1. The van der Waals surface area contributed by atoms with Crippen molar-refractivity contribution in [2.75, 3.05) is 27.2 Å². The van der Waals surface area contributed by atoms with Crippen molar-refractivity contribution in [3.63, 3.8) is 0 Å². The Balaban J connectivity index is 2.60. The van der Waals surface area contributed by atoms with Crippen LogP contribution in [0.15, 0.2) is 0 Å². The highest BCUT2D eigenvalue weighted by molar-refractivity contribution is 5.70. The lowest BCUT2D eigenvalue weighted by Gasteiger charge is -2.38. The predicted molar refractivity (Wildman–Crippen MR) is 43.6 cm³/mol. The van der Waals surface area contributed by atoms with Crippen molar-refractivity contribution < 1.29 is 19.5 Å². The molecular weight excluding hydrogens is 158 g/mol. The zero-order chi connectivity index (χ0) is 9.35. The molecule has 12 heavy (non-hydrogen) atoms. The molecule has 2 N–H and O–H groups in total. The molecule has 0 aromatic carbocycles. The largest absolute Gasteiger partial charge is 0.481 e. The molecule has 0 radical (unpaired) electrons. The van der Waals surface area contributed by atoms with Gasteiger partial charge in [0.2, 0.25) is 0 Å². The lowest BCUT2D eigenvalue weighted by Crippen LogP contribution is -2.54. The molecule has 0 amide bonds. The number of aliphatic hydroxyl groups excluding tert-OH is 1. The maximum atomic E-state index is 10.6. The molecule has 4 nitrogen and oxygen atoms in total. The van der Waals surface area contributed by atoms with E-state index in [2.05, 4.69) is 0 Å². The summed E-state index contributed by atoms with van der Waals surface area (Å²) in [6.07, 6.45) is -0.116. The van der Waals surface area contributed by atoms with E-state index in [-0.39, 0.29) is 0 Å². The number of likely N-dealkylation sites (N-methyl/N-ethyl adjacent to an activating group) is 1. The Kier molecular flexibility index (Phi) is 2.39. The molecule has 0 aliphatic carbocycles. The minimum atomic E-state index is -0.873. The molecule has 0 aromatic heterocycles. The summed E-state index contributed by atoms with van der Waals surface area (Å²) in [6.45, 7) is 1.37. The predicted octanol–water partition coefficient (Wildman–Crippen LogP) is -0.472. The lowest BCUT2D eigenvalue weighted by atomic mass is 9.93. The van der Waals surface area contributed by atoms with E-state index < -0.39 is 18.0 Å². The van der Waals surface area contributed by atoms with Crippen LogP contribution >= 0.6 is 0 Å². The van der Waals surface area contributed by atoms with Gasteiger partial charge < -0.3 is 14.7 Å². The molecule has 2 atom stereocenters. The average Bonchev–Trinajstić information content (AvgIpc) is 1.83. The van der Waals surface area contributed by atoms with Gasteiger partial charge in [-0.15, -0.1) is 0 Å². The van der Waals surface area contributed by atoms with E-state index in [1.54, 1.807) is 0 Å². The van der Waals surface area contributed by atoms with Gasteiger partial charge in [-0.2, -0.15) is 0 Å². The first-order chi connectivity index (χ1) is 5.42. The van der Waals surface area contributed by atoms with Crippen LogP contribution in [0.4, 0.5) is 0 Å². The van der Waals surface area contributed by atoms with Crippen LogP contribution in [0.5, 0.6) is 0 Å². The molecule has 0 aromatic rings. The summed E-state index contributed by atoms with van der Waals surface area (Å²) in [6, 6.07) is 0. The number of hydrogen-bond acceptors (Lipinski definition) is 2. The van der Waals surface area contributed by atoms with Crippen molar-refractivity contribution in [1.29, 1.82) is 0 Å². The number of aliphatic hydroxyl groups is 1. The van der Waals surface area contributed by atoms with Gasteiger partial charge in [0.25, 0.3) is 0 Å². The molecule has 1 saturated heterocycles. The highest BCUT2D eigenvalue weighted by Gasteiger charge is 2.37. The zero-order valence-corrected chi connectivity index (χ0v) is 7.53. The highest BCUT2D eigenvalue weighted by atomic mass is 16.4. The van der Waals surface area contributed by atoms with Crippen molar-refractivity contribution in [3.8, 4) is 0 Å². The third kappa shape index (κ3) is 1.95. The molecule has 0 saturated carbocycles. The summed E-state index contributed by atoms with van der Waals surface area (Å²) in [7, 11) is 4.00. The smallest absolute Gasteiger partial charge is 0.309 e. The first kappa shape index (κ1) is 9.48. The van der Waals surface area contributed by atoms with Crippen LogP contribution in [0.3, 0.4) is 0 Å². The second-order valence-electron chi connectivity index (χ2n) is 4.14.